The normalized spacial score (nSPS) is 11.8. The van der Waals surface area contributed by atoms with Crippen molar-refractivity contribution in [2.75, 3.05) is 0 Å². The first kappa shape index (κ1) is 15.0. The second-order valence-corrected chi connectivity index (χ2v) is 9.35. The summed E-state index contributed by atoms with van der Waals surface area (Å²) in [5, 5.41) is 0. The fourth-order valence-corrected chi connectivity index (χ4v) is 6.48. The number of halogens is 3. The molecule has 0 aliphatic rings. The van der Waals surface area contributed by atoms with Crippen molar-refractivity contribution in [3.05, 3.63) is 53.0 Å². The second-order valence-electron chi connectivity index (χ2n) is 4.37. The minimum absolute atomic E-state index is 1.15. The van der Waals surface area contributed by atoms with Crippen LogP contribution in [-0.2, 0) is 0 Å². The molecule has 0 atom stereocenters. The van der Waals surface area contributed by atoms with Crippen molar-refractivity contribution in [2.45, 2.75) is 6.92 Å². The molecule has 0 amide bonds. The van der Waals surface area contributed by atoms with Gasteiger partial charge in [-0.25, -0.2) is 0 Å². The largest absolute Gasteiger partial charge is 0.132 e. The Kier molecular flexibility index (Phi) is 4.53. The standard InChI is InChI=1S/C15H9Br3S2/c1-8-2-4-9(5-3-8)6-7-10-11(16)13-14(19-10)12(17)15(18)20-13/h2-7H,1H3/b7-6+. The van der Waals surface area contributed by atoms with Gasteiger partial charge in [-0.15, -0.1) is 22.7 Å². The SMILES string of the molecule is Cc1ccc(/C=C/c2sc3c(Br)c(Br)sc3c2Br)cc1. The van der Waals surface area contributed by atoms with Crippen molar-refractivity contribution < 1.29 is 0 Å². The average Bonchev–Trinajstić information content (AvgIpc) is 2.89. The number of hydrogen-bond acceptors (Lipinski definition) is 2. The maximum atomic E-state index is 3.71. The van der Waals surface area contributed by atoms with E-state index in [0.717, 1.165) is 8.26 Å². The van der Waals surface area contributed by atoms with Crippen molar-refractivity contribution in [3.63, 3.8) is 0 Å². The molecule has 0 nitrogen and oxygen atoms in total. The van der Waals surface area contributed by atoms with Gasteiger partial charge in [0, 0.05) is 4.88 Å². The Bertz CT molecular complexity index is 795. The quantitative estimate of drug-likeness (QED) is 0.343. The van der Waals surface area contributed by atoms with Crippen LogP contribution in [0.15, 0.2) is 37.0 Å². The predicted octanol–water partition coefficient (Wildman–Crippen LogP) is 7.73. The molecule has 20 heavy (non-hydrogen) atoms. The first-order valence-electron chi connectivity index (χ1n) is 5.87. The Hall–Kier alpha value is 0.0600. The van der Waals surface area contributed by atoms with Crippen molar-refractivity contribution in [2.24, 2.45) is 0 Å². The maximum absolute atomic E-state index is 3.71. The van der Waals surface area contributed by atoms with Crippen molar-refractivity contribution >= 4 is 92.0 Å². The van der Waals surface area contributed by atoms with E-state index in [1.165, 1.54) is 29.9 Å². The number of fused-ring (bicyclic) bond motifs is 1. The Morgan fingerprint density at radius 3 is 2.15 bits per heavy atom. The van der Waals surface area contributed by atoms with Gasteiger partial charge in [-0.2, -0.15) is 0 Å². The van der Waals surface area contributed by atoms with E-state index >= 15 is 0 Å². The minimum Gasteiger partial charge on any atom is -0.132 e. The fourth-order valence-electron chi connectivity index (χ4n) is 1.83. The number of rotatable bonds is 2. The second kappa shape index (κ2) is 6.05. The number of thiophene rings is 2. The lowest BCUT2D eigenvalue weighted by Crippen LogP contribution is -1.73. The molecule has 0 aliphatic heterocycles. The molecular formula is C15H9Br3S2. The average molecular weight is 493 g/mol. The van der Waals surface area contributed by atoms with Crippen LogP contribution in [0.2, 0.25) is 0 Å². The lowest BCUT2D eigenvalue weighted by molar-refractivity contribution is 1.46. The van der Waals surface area contributed by atoms with Crippen LogP contribution in [0.1, 0.15) is 16.0 Å². The van der Waals surface area contributed by atoms with Crippen LogP contribution in [0.5, 0.6) is 0 Å². The summed E-state index contributed by atoms with van der Waals surface area (Å²) in [5.74, 6) is 0. The molecule has 5 heteroatoms. The van der Waals surface area contributed by atoms with E-state index in [0.29, 0.717) is 0 Å². The highest BCUT2D eigenvalue weighted by Crippen LogP contribution is 2.48. The summed E-state index contributed by atoms with van der Waals surface area (Å²) >= 11 is 14.5. The summed E-state index contributed by atoms with van der Waals surface area (Å²) in [6.45, 7) is 2.10. The third kappa shape index (κ3) is 2.83. The van der Waals surface area contributed by atoms with Crippen molar-refractivity contribution in [3.8, 4) is 0 Å². The lowest BCUT2D eigenvalue weighted by Gasteiger charge is -1.94. The third-order valence-corrected chi connectivity index (χ3v) is 9.28. The summed E-state index contributed by atoms with van der Waals surface area (Å²) < 4.78 is 6.05. The van der Waals surface area contributed by atoms with Gasteiger partial charge in [0.1, 0.15) is 0 Å². The summed E-state index contributed by atoms with van der Waals surface area (Å²) in [5.41, 5.74) is 2.51. The van der Waals surface area contributed by atoms with E-state index in [1.54, 1.807) is 22.7 Å². The molecule has 3 rings (SSSR count). The van der Waals surface area contributed by atoms with Crippen LogP contribution < -0.4 is 0 Å². The van der Waals surface area contributed by atoms with E-state index in [9.17, 15) is 0 Å². The molecule has 0 aliphatic carbocycles. The third-order valence-electron chi connectivity index (χ3n) is 2.90. The Morgan fingerprint density at radius 1 is 0.850 bits per heavy atom. The summed E-state index contributed by atoms with van der Waals surface area (Å²) in [6.07, 6.45) is 4.33. The molecule has 0 saturated heterocycles. The van der Waals surface area contributed by atoms with Gasteiger partial charge in [0.05, 0.1) is 22.1 Å². The topological polar surface area (TPSA) is 0 Å². The number of hydrogen-bond donors (Lipinski definition) is 0. The smallest absolute Gasteiger partial charge is 0.0862 e. The predicted molar refractivity (Wildman–Crippen MR) is 103 cm³/mol. The molecule has 0 bridgehead atoms. The summed E-state index contributed by atoms with van der Waals surface area (Å²) in [4.78, 5) is 1.25. The van der Waals surface area contributed by atoms with Crippen LogP contribution in [0, 0.1) is 6.92 Å². The molecule has 3 aromatic rings. The molecular weight excluding hydrogens is 484 g/mol. The fraction of sp³-hybridized carbons (Fsp3) is 0.0667. The van der Waals surface area contributed by atoms with Gasteiger partial charge in [-0.1, -0.05) is 35.9 Å². The number of benzene rings is 1. The highest BCUT2D eigenvalue weighted by Gasteiger charge is 2.15. The van der Waals surface area contributed by atoms with Gasteiger partial charge in [0.2, 0.25) is 0 Å². The molecule has 0 saturated carbocycles. The van der Waals surface area contributed by atoms with Gasteiger partial charge < -0.3 is 0 Å². The molecule has 0 N–H and O–H groups in total. The Morgan fingerprint density at radius 2 is 1.50 bits per heavy atom. The van der Waals surface area contributed by atoms with Gasteiger partial charge in [0.25, 0.3) is 0 Å². The summed E-state index contributed by atoms with van der Waals surface area (Å²) in [7, 11) is 0. The molecule has 102 valence electrons. The molecule has 0 spiro atoms. The van der Waals surface area contributed by atoms with Gasteiger partial charge in [-0.3, -0.25) is 0 Å². The molecule has 2 heterocycles. The van der Waals surface area contributed by atoms with E-state index < -0.39 is 0 Å². The Balaban J connectivity index is 1.98. The zero-order valence-electron chi connectivity index (χ0n) is 10.4. The molecule has 0 fully saturated rings. The van der Waals surface area contributed by atoms with Crippen LogP contribution in [0.25, 0.3) is 21.6 Å². The van der Waals surface area contributed by atoms with Crippen LogP contribution in [0.4, 0.5) is 0 Å². The van der Waals surface area contributed by atoms with Crippen LogP contribution in [-0.4, -0.2) is 0 Å². The molecule has 0 unspecified atom stereocenters. The van der Waals surface area contributed by atoms with Gasteiger partial charge in [0.15, 0.2) is 0 Å². The van der Waals surface area contributed by atoms with E-state index in [2.05, 4.69) is 91.1 Å². The molecule has 2 aromatic heterocycles. The minimum atomic E-state index is 1.15. The number of aryl methyl sites for hydroxylation is 1. The van der Waals surface area contributed by atoms with E-state index in [4.69, 9.17) is 0 Å². The lowest BCUT2D eigenvalue weighted by atomic mass is 10.1. The molecule has 1 aromatic carbocycles. The first-order valence-corrected chi connectivity index (χ1v) is 9.88. The van der Waals surface area contributed by atoms with Gasteiger partial charge >= 0.3 is 0 Å². The van der Waals surface area contributed by atoms with E-state index in [1.807, 2.05) is 0 Å². The monoisotopic (exact) mass is 490 g/mol. The highest BCUT2D eigenvalue weighted by molar-refractivity contribution is 9.13. The van der Waals surface area contributed by atoms with E-state index in [-0.39, 0.29) is 0 Å². The summed E-state index contributed by atoms with van der Waals surface area (Å²) in [6, 6.07) is 8.55. The van der Waals surface area contributed by atoms with Crippen molar-refractivity contribution in [1.82, 2.24) is 0 Å². The van der Waals surface area contributed by atoms with Gasteiger partial charge in [-0.05, 0) is 66.4 Å². The zero-order chi connectivity index (χ0) is 14.3. The zero-order valence-corrected chi connectivity index (χ0v) is 16.8. The maximum Gasteiger partial charge on any atom is 0.0862 e. The van der Waals surface area contributed by atoms with Crippen LogP contribution >= 0.6 is 70.5 Å². The molecule has 0 radical (unpaired) electrons. The highest BCUT2D eigenvalue weighted by atomic mass is 79.9. The first-order chi connectivity index (χ1) is 9.56. The Labute approximate surface area is 150 Å². The van der Waals surface area contributed by atoms with Crippen molar-refractivity contribution in [1.29, 1.82) is 0 Å². The van der Waals surface area contributed by atoms with Crippen LogP contribution in [0.3, 0.4) is 0 Å².